The number of anilines is 1. The van der Waals surface area contributed by atoms with Crippen molar-refractivity contribution in [3.8, 4) is 5.75 Å². The van der Waals surface area contributed by atoms with E-state index >= 15 is 0 Å². The Labute approximate surface area is 293 Å². The van der Waals surface area contributed by atoms with Crippen LogP contribution in [0, 0.1) is 0 Å². The first kappa shape index (κ1) is 31.8. The van der Waals surface area contributed by atoms with Gasteiger partial charge in [0.1, 0.15) is 16.3 Å². The highest BCUT2D eigenvalue weighted by Gasteiger charge is 2.39. The number of methoxy groups -OCH3 is 1. The lowest BCUT2D eigenvalue weighted by molar-refractivity contribution is -0.138. The number of ether oxygens (including phenoxy) is 2. The van der Waals surface area contributed by atoms with E-state index in [1.807, 2.05) is 84.9 Å². The molecule has 3 heterocycles. The SMILES string of the molecule is CCOC(=O)C1=C(c2ccccc2)N=c2s/c(=C3\C(=O)N(Cc4ccccc4Cl)c4ccccc43)c(=O)n2[C@H]1c1cc(Br)ccc1OC. The van der Waals surface area contributed by atoms with E-state index in [9.17, 15) is 14.4 Å². The molecule has 240 valence electrons. The second-order valence-corrected chi connectivity index (χ2v) is 13.3. The summed E-state index contributed by atoms with van der Waals surface area (Å²) in [5.41, 5.74) is 3.66. The van der Waals surface area contributed by atoms with Crippen LogP contribution >= 0.6 is 38.9 Å². The van der Waals surface area contributed by atoms with E-state index < -0.39 is 17.6 Å². The van der Waals surface area contributed by atoms with Crippen molar-refractivity contribution in [3.05, 3.63) is 154 Å². The summed E-state index contributed by atoms with van der Waals surface area (Å²) in [4.78, 5) is 50.0. The minimum atomic E-state index is -0.983. The van der Waals surface area contributed by atoms with Crippen LogP contribution < -0.4 is 24.5 Å². The van der Waals surface area contributed by atoms with Crippen LogP contribution in [0.2, 0.25) is 5.02 Å². The van der Waals surface area contributed by atoms with Crippen LogP contribution in [0.15, 0.2) is 117 Å². The molecule has 0 aliphatic carbocycles. The average molecular weight is 741 g/mol. The third kappa shape index (κ3) is 5.39. The third-order valence-corrected chi connectivity index (χ3v) is 10.2. The van der Waals surface area contributed by atoms with Crippen LogP contribution in [-0.4, -0.2) is 30.2 Å². The molecule has 1 atom stereocenters. The highest BCUT2D eigenvalue weighted by atomic mass is 79.9. The average Bonchev–Trinajstić information content (AvgIpc) is 3.57. The maximum atomic E-state index is 14.8. The van der Waals surface area contributed by atoms with Crippen molar-refractivity contribution in [2.24, 2.45) is 4.99 Å². The van der Waals surface area contributed by atoms with Crippen molar-refractivity contribution >= 4 is 67.7 Å². The second-order valence-electron chi connectivity index (χ2n) is 11.0. The number of carbonyl (C=O) groups excluding carboxylic acids is 2. The van der Waals surface area contributed by atoms with Gasteiger partial charge in [0.05, 0.1) is 42.8 Å². The predicted molar refractivity (Wildman–Crippen MR) is 190 cm³/mol. The normalized spacial score (nSPS) is 16.4. The van der Waals surface area contributed by atoms with E-state index in [4.69, 9.17) is 26.1 Å². The zero-order valence-electron chi connectivity index (χ0n) is 25.8. The van der Waals surface area contributed by atoms with Crippen molar-refractivity contribution in [1.82, 2.24) is 4.57 Å². The van der Waals surface area contributed by atoms with Gasteiger partial charge in [-0.1, -0.05) is 106 Å². The molecule has 48 heavy (non-hydrogen) atoms. The van der Waals surface area contributed by atoms with Gasteiger partial charge in [-0.25, -0.2) is 9.79 Å². The summed E-state index contributed by atoms with van der Waals surface area (Å²) in [6.07, 6.45) is 0. The van der Waals surface area contributed by atoms with Crippen molar-refractivity contribution in [2.75, 3.05) is 18.6 Å². The molecule has 0 saturated heterocycles. The summed E-state index contributed by atoms with van der Waals surface area (Å²) in [5.74, 6) is -0.477. The van der Waals surface area contributed by atoms with Crippen LogP contribution in [0.5, 0.6) is 5.75 Å². The number of benzene rings is 4. The van der Waals surface area contributed by atoms with Gasteiger partial charge in [-0.2, -0.15) is 0 Å². The van der Waals surface area contributed by atoms with E-state index in [1.165, 1.54) is 11.7 Å². The first-order valence-corrected chi connectivity index (χ1v) is 17.1. The van der Waals surface area contributed by atoms with Gasteiger partial charge in [-0.3, -0.25) is 14.2 Å². The van der Waals surface area contributed by atoms with Crippen LogP contribution in [0.25, 0.3) is 11.3 Å². The molecule has 1 aromatic heterocycles. The number of fused-ring (bicyclic) bond motifs is 2. The molecule has 0 bridgehead atoms. The Balaban J connectivity index is 1.54. The topological polar surface area (TPSA) is 90.2 Å². The van der Waals surface area contributed by atoms with Gasteiger partial charge >= 0.3 is 5.97 Å². The number of amides is 1. The number of hydrogen-bond acceptors (Lipinski definition) is 7. The van der Waals surface area contributed by atoms with Gasteiger partial charge in [0, 0.05) is 26.2 Å². The van der Waals surface area contributed by atoms with Crippen molar-refractivity contribution in [3.63, 3.8) is 0 Å². The molecule has 1 amide bonds. The fourth-order valence-electron chi connectivity index (χ4n) is 6.16. The lowest BCUT2D eigenvalue weighted by atomic mass is 9.92. The number of para-hydroxylation sites is 1. The Morgan fingerprint density at radius 3 is 2.46 bits per heavy atom. The van der Waals surface area contributed by atoms with E-state index in [0.29, 0.717) is 43.6 Å². The van der Waals surface area contributed by atoms with Gasteiger partial charge in [-0.15, -0.1) is 0 Å². The third-order valence-electron chi connectivity index (χ3n) is 8.27. The van der Waals surface area contributed by atoms with Gasteiger partial charge in [0.25, 0.3) is 11.5 Å². The first-order chi connectivity index (χ1) is 23.3. The zero-order valence-corrected chi connectivity index (χ0v) is 28.9. The smallest absolute Gasteiger partial charge is 0.338 e. The maximum Gasteiger partial charge on any atom is 0.338 e. The molecule has 0 N–H and O–H groups in total. The predicted octanol–water partition coefficient (Wildman–Crippen LogP) is 6.28. The second kappa shape index (κ2) is 13.0. The summed E-state index contributed by atoms with van der Waals surface area (Å²) in [5, 5.41) is 0.540. The van der Waals surface area contributed by atoms with Crippen molar-refractivity contribution in [1.29, 1.82) is 0 Å². The lowest BCUT2D eigenvalue weighted by Crippen LogP contribution is -2.41. The summed E-state index contributed by atoms with van der Waals surface area (Å²) < 4.78 is 13.8. The Bertz CT molecular complexity index is 2330. The number of halogens is 2. The fourth-order valence-corrected chi connectivity index (χ4v) is 7.82. The first-order valence-electron chi connectivity index (χ1n) is 15.1. The lowest BCUT2D eigenvalue weighted by Gasteiger charge is -2.27. The Morgan fingerprint density at radius 1 is 0.979 bits per heavy atom. The van der Waals surface area contributed by atoms with Crippen LogP contribution in [0.1, 0.15) is 35.2 Å². The van der Waals surface area contributed by atoms with E-state index in [-0.39, 0.29) is 34.7 Å². The summed E-state index contributed by atoms with van der Waals surface area (Å²) in [6.45, 7) is 2.07. The summed E-state index contributed by atoms with van der Waals surface area (Å²) >= 11 is 11.2. The number of thiazole rings is 1. The largest absolute Gasteiger partial charge is 0.496 e. The Hall–Kier alpha value is -4.77. The molecular formula is C37H27BrClN3O5S. The molecule has 4 aromatic carbocycles. The molecule has 11 heteroatoms. The van der Waals surface area contributed by atoms with Gasteiger partial charge < -0.3 is 14.4 Å². The van der Waals surface area contributed by atoms with Crippen LogP contribution in [0.4, 0.5) is 5.69 Å². The van der Waals surface area contributed by atoms with Crippen LogP contribution in [-0.2, 0) is 20.9 Å². The number of aromatic nitrogens is 1. The highest BCUT2D eigenvalue weighted by Crippen LogP contribution is 2.41. The summed E-state index contributed by atoms with van der Waals surface area (Å²) in [7, 11) is 1.53. The fraction of sp³-hybridized carbons (Fsp3) is 0.135. The van der Waals surface area contributed by atoms with Gasteiger partial charge in [0.2, 0.25) is 0 Å². The number of nitrogens with zero attached hydrogens (tertiary/aromatic N) is 3. The number of carbonyl (C=O) groups is 2. The minimum Gasteiger partial charge on any atom is -0.496 e. The standard InChI is InChI=1S/C37H27BrClN3O5S/c1-3-47-36(45)30-31(21-11-5-4-6-12-21)40-37-42(32(30)25-19-23(38)17-18-28(25)46-2)35(44)33(48-37)29-24-14-8-10-16-27(24)41(34(29)43)20-22-13-7-9-15-26(22)39/h4-19,32H,3,20H2,1-2H3/b33-29-/t32-/m0/s1. The molecule has 0 saturated carbocycles. The molecule has 5 aromatic rings. The highest BCUT2D eigenvalue weighted by molar-refractivity contribution is 9.10. The number of hydrogen-bond donors (Lipinski definition) is 0. The van der Waals surface area contributed by atoms with Crippen LogP contribution in [0.3, 0.4) is 0 Å². The van der Waals surface area contributed by atoms with E-state index in [0.717, 1.165) is 21.4 Å². The molecule has 0 radical (unpaired) electrons. The van der Waals surface area contributed by atoms with Gasteiger partial charge in [0.15, 0.2) is 4.80 Å². The minimum absolute atomic E-state index is 0.119. The molecule has 2 aliphatic rings. The van der Waals surface area contributed by atoms with E-state index in [2.05, 4.69) is 15.9 Å². The van der Waals surface area contributed by atoms with Crippen molar-refractivity contribution < 1.29 is 19.1 Å². The molecule has 0 spiro atoms. The van der Waals surface area contributed by atoms with E-state index in [1.54, 1.807) is 24.0 Å². The Kier molecular flexibility index (Phi) is 8.63. The molecule has 8 nitrogen and oxygen atoms in total. The number of esters is 1. The monoisotopic (exact) mass is 739 g/mol. The Morgan fingerprint density at radius 2 is 1.71 bits per heavy atom. The summed E-state index contributed by atoms with van der Waals surface area (Å²) in [6, 6.07) is 28.5. The molecule has 2 aliphatic heterocycles. The molecule has 0 unspecified atom stereocenters. The van der Waals surface area contributed by atoms with Crippen molar-refractivity contribution in [2.45, 2.75) is 19.5 Å². The number of rotatable bonds is 7. The molecule has 7 rings (SSSR count). The molecule has 0 fully saturated rings. The zero-order chi connectivity index (χ0) is 33.5. The van der Waals surface area contributed by atoms with Gasteiger partial charge in [-0.05, 0) is 42.8 Å². The molecular weight excluding hydrogens is 714 g/mol. The maximum absolute atomic E-state index is 14.8. The quantitative estimate of drug-likeness (QED) is 0.184.